The van der Waals surface area contributed by atoms with E-state index in [1.807, 2.05) is 18.2 Å². The highest BCUT2D eigenvalue weighted by Crippen LogP contribution is 2.40. The van der Waals surface area contributed by atoms with Gasteiger partial charge in [-0.05, 0) is 34.1 Å². The normalized spacial score (nSPS) is 31.0. The van der Waals surface area contributed by atoms with E-state index in [0.29, 0.717) is 6.42 Å². The molecule has 0 radical (unpaired) electrons. The minimum atomic E-state index is -4.14. The third-order valence-electron chi connectivity index (χ3n) is 3.57. The Morgan fingerprint density at radius 3 is 2.68 bits per heavy atom. The Hall–Kier alpha value is -0.860. The summed E-state index contributed by atoms with van der Waals surface area (Å²) in [6.07, 6.45) is 5.41. The summed E-state index contributed by atoms with van der Waals surface area (Å²) in [5.41, 5.74) is -1.82. The van der Waals surface area contributed by atoms with Crippen molar-refractivity contribution in [2.75, 3.05) is 6.61 Å². The van der Waals surface area contributed by atoms with Gasteiger partial charge >= 0.3 is 16.4 Å². The molecule has 22 heavy (non-hydrogen) atoms. The van der Waals surface area contributed by atoms with Gasteiger partial charge in [0.25, 0.3) is 0 Å². The van der Waals surface area contributed by atoms with Gasteiger partial charge in [-0.25, -0.2) is 4.79 Å². The quantitative estimate of drug-likeness (QED) is 0.683. The minimum Gasteiger partial charge on any atom is -0.443 e. The topological polar surface area (TPSA) is 72.9 Å². The van der Waals surface area contributed by atoms with Crippen molar-refractivity contribution in [2.45, 2.75) is 45.3 Å². The van der Waals surface area contributed by atoms with Gasteiger partial charge in [0.1, 0.15) is 5.60 Å². The zero-order valence-electron chi connectivity index (χ0n) is 13.0. The lowest BCUT2D eigenvalue weighted by Gasteiger charge is -2.37. The van der Waals surface area contributed by atoms with E-state index >= 15 is 0 Å². The summed E-state index contributed by atoms with van der Waals surface area (Å²) >= 11 is 3.38. The van der Waals surface area contributed by atoms with Crippen molar-refractivity contribution < 1.29 is 22.1 Å². The summed E-state index contributed by atoms with van der Waals surface area (Å²) in [6.45, 7) is 6.66. The molecule has 0 N–H and O–H groups in total. The van der Waals surface area contributed by atoms with Crippen molar-refractivity contribution >= 4 is 32.3 Å². The maximum absolute atomic E-state index is 12.4. The van der Waals surface area contributed by atoms with E-state index in [9.17, 15) is 13.2 Å². The molecular formula is C14H20BrNO5S. The molecule has 0 saturated carbocycles. The van der Waals surface area contributed by atoms with Crippen molar-refractivity contribution in [2.24, 2.45) is 5.92 Å². The predicted octanol–water partition coefficient (Wildman–Crippen LogP) is 3.11. The molecule has 2 unspecified atom stereocenters. The van der Waals surface area contributed by atoms with Gasteiger partial charge in [0.15, 0.2) is 0 Å². The number of halogens is 1. The first-order chi connectivity index (χ1) is 9.96. The number of hydrogen-bond donors (Lipinski definition) is 0. The Balaban J connectivity index is 2.38. The number of nitrogens with zero attached hydrogens (tertiary/aromatic N) is 1. The molecule has 2 aliphatic rings. The maximum atomic E-state index is 12.4. The fourth-order valence-corrected chi connectivity index (χ4v) is 4.42. The highest BCUT2D eigenvalue weighted by Gasteiger charge is 2.56. The molecule has 1 aliphatic heterocycles. The summed E-state index contributed by atoms with van der Waals surface area (Å²) in [5, 5.41) is 0. The molecule has 1 saturated heterocycles. The second-order valence-electron chi connectivity index (χ2n) is 6.62. The molecule has 0 spiro atoms. The Kier molecular flexibility index (Phi) is 4.49. The number of carbonyl (C=O) groups excluding carboxylic acids is 1. The summed E-state index contributed by atoms with van der Waals surface area (Å²) in [4.78, 5) is 12.4. The number of carbonyl (C=O) groups is 1. The highest BCUT2D eigenvalue weighted by molar-refractivity contribution is 9.11. The van der Waals surface area contributed by atoms with Crippen LogP contribution in [0.1, 0.15) is 34.1 Å². The molecule has 0 bridgehead atoms. The first kappa shape index (κ1) is 17.5. The average Bonchev–Trinajstić information content (AvgIpc) is 2.59. The first-order valence-electron chi connectivity index (χ1n) is 6.92. The number of allylic oxidation sites excluding steroid dienone is 3. The fourth-order valence-electron chi connectivity index (χ4n) is 2.50. The number of ether oxygens (including phenoxy) is 1. The van der Waals surface area contributed by atoms with Crippen LogP contribution in [0, 0.1) is 5.92 Å². The van der Waals surface area contributed by atoms with E-state index < -0.39 is 27.5 Å². The van der Waals surface area contributed by atoms with Crippen LogP contribution in [0.3, 0.4) is 0 Å². The van der Waals surface area contributed by atoms with Crippen molar-refractivity contribution in [1.82, 2.24) is 4.31 Å². The van der Waals surface area contributed by atoms with Crippen LogP contribution in [0.2, 0.25) is 0 Å². The van der Waals surface area contributed by atoms with Crippen LogP contribution in [0.15, 0.2) is 22.7 Å². The van der Waals surface area contributed by atoms with E-state index in [-0.39, 0.29) is 12.5 Å². The molecule has 1 aliphatic carbocycles. The van der Waals surface area contributed by atoms with E-state index in [0.717, 1.165) is 8.79 Å². The number of amides is 1. The molecular weight excluding hydrogens is 374 g/mol. The molecule has 1 heterocycles. The van der Waals surface area contributed by atoms with Crippen LogP contribution in [0.4, 0.5) is 4.79 Å². The molecule has 1 fully saturated rings. The van der Waals surface area contributed by atoms with Crippen molar-refractivity contribution in [3.05, 3.63) is 22.7 Å². The Bertz CT molecular complexity index is 634. The largest absolute Gasteiger partial charge is 0.443 e. The lowest BCUT2D eigenvalue weighted by atomic mass is 9.82. The second-order valence-corrected chi connectivity index (χ2v) is 8.99. The standard InChI is InChI=1S/C14H20BrNO5S/c1-13(2,3)21-12(17)16-14(4,9-20-22(16,18)19)10-6-5-7-11(15)8-10/h5,7-8,10H,6,9H2,1-4H3. The summed E-state index contributed by atoms with van der Waals surface area (Å²) in [6, 6.07) is 0. The predicted molar refractivity (Wildman–Crippen MR) is 85.6 cm³/mol. The highest BCUT2D eigenvalue weighted by atomic mass is 79.9. The fraction of sp³-hybridized carbons (Fsp3) is 0.643. The van der Waals surface area contributed by atoms with Gasteiger partial charge < -0.3 is 4.74 Å². The molecule has 1 amide bonds. The van der Waals surface area contributed by atoms with Crippen LogP contribution < -0.4 is 0 Å². The SMILES string of the molecule is CC(C)(C)OC(=O)N1C(C)(C2C=C(Br)C=CC2)COS1(=O)=O. The van der Waals surface area contributed by atoms with Crippen molar-refractivity contribution in [3.63, 3.8) is 0 Å². The third kappa shape index (κ3) is 3.38. The molecule has 6 nitrogen and oxygen atoms in total. The van der Waals surface area contributed by atoms with Crippen LogP contribution in [0.25, 0.3) is 0 Å². The zero-order chi connectivity index (χ0) is 16.8. The lowest BCUT2D eigenvalue weighted by Crippen LogP contribution is -2.54. The van der Waals surface area contributed by atoms with Crippen LogP contribution in [-0.2, 0) is 19.2 Å². The van der Waals surface area contributed by atoms with Gasteiger partial charge in [0, 0.05) is 10.4 Å². The Morgan fingerprint density at radius 1 is 1.50 bits per heavy atom. The van der Waals surface area contributed by atoms with E-state index in [1.165, 1.54) is 0 Å². The van der Waals surface area contributed by atoms with Gasteiger partial charge in [-0.15, -0.1) is 0 Å². The summed E-state index contributed by atoms with van der Waals surface area (Å²) in [7, 11) is -4.14. The van der Waals surface area contributed by atoms with E-state index in [1.54, 1.807) is 27.7 Å². The van der Waals surface area contributed by atoms with E-state index in [2.05, 4.69) is 15.9 Å². The molecule has 8 heteroatoms. The Labute approximate surface area is 139 Å². The lowest BCUT2D eigenvalue weighted by molar-refractivity contribution is 0.0215. The van der Waals surface area contributed by atoms with Crippen molar-refractivity contribution in [3.8, 4) is 0 Å². The summed E-state index contributed by atoms with van der Waals surface area (Å²) < 4.78 is 36.1. The van der Waals surface area contributed by atoms with Gasteiger partial charge in [-0.1, -0.05) is 34.2 Å². The maximum Gasteiger partial charge on any atom is 0.426 e. The van der Waals surface area contributed by atoms with Gasteiger partial charge in [-0.2, -0.15) is 12.7 Å². The molecule has 2 atom stereocenters. The second kappa shape index (κ2) is 5.65. The molecule has 124 valence electrons. The van der Waals surface area contributed by atoms with Crippen LogP contribution >= 0.6 is 15.9 Å². The van der Waals surface area contributed by atoms with E-state index in [4.69, 9.17) is 8.92 Å². The van der Waals surface area contributed by atoms with Crippen LogP contribution in [0.5, 0.6) is 0 Å². The molecule has 0 aromatic carbocycles. The monoisotopic (exact) mass is 393 g/mol. The molecule has 0 aromatic heterocycles. The Morgan fingerprint density at radius 2 is 2.14 bits per heavy atom. The zero-order valence-corrected chi connectivity index (χ0v) is 15.4. The van der Waals surface area contributed by atoms with Gasteiger partial charge in [-0.3, -0.25) is 4.18 Å². The molecule has 2 rings (SSSR count). The third-order valence-corrected chi connectivity index (χ3v) is 5.53. The smallest absolute Gasteiger partial charge is 0.426 e. The summed E-state index contributed by atoms with van der Waals surface area (Å²) in [5.74, 6) is -0.198. The number of hydrogen-bond acceptors (Lipinski definition) is 5. The van der Waals surface area contributed by atoms with Gasteiger partial charge in [0.05, 0.1) is 12.1 Å². The first-order valence-corrected chi connectivity index (χ1v) is 9.08. The number of rotatable bonds is 1. The van der Waals surface area contributed by atoms with Crippen LogP contribution in [-0.4, -0.2) is 36.6 Å². The molecule has 0 aromatic rings. The van der Waals surface area contributed by atoms with Gasteiger partial charge in [0.2, 0.25) is 0 Å². The minimum absolute atomic E-state index is 0.0934. The van der Waals surface area contributed by atoms with Crippen molar-refractivity contribution in [1.29, 1.82) is 0 Å². The average molecular weight is 394 g/mol.